The van der Waals surface area contributed by atoms with E-state index in [0.29, 0.717) is 0 Å². The Kier molecular flexibility index (Phi) is 2.98. The van der Waals surface area contributed by atoms with E-state index in [4.69, 9.17) is 10.3 Å². The van der Waals surface area contributed by atoms with Crippen molar-refractivity contribution in [3.63, 3.8) is 0 Å². The van der Waals surface area contributed by atoms with Gasteiger partial charge in [0.2, 0.25) is 0 Å². The van der Waals surface area contributed by atoms with E-state index in [1.807, 2.05) is 0 Å². The van der Waals surface area contributed by atoms with Crippen LogP contribution in [-0.2, 0) is 0 Å². The molecule has 2 aromatic heterocycles. The summed E-state index contributed by atoms with van der Waals surface area (Å²) in [5.74, 6) is -1.51. The smallest absolute Gasteiger partial charge is 0.264 e. The number of aromatic amines is 1. The lowest BCUT2D eigenvalue weighted by atomic mass is 10.0. The average molecular weight is 290 g/mol. The zero-order chi connectivity index (χ0) is 15.0. The zero-order valence-electron chi connectivity index (χ0n) is 10.4. The summed E-state index contributed by atoms with van der Waals surface area (Å²) in [6.45, 7) is 0. The number of aromatic nitrogens is 3. The third-order valence-corrected chi connectivity index (χ3v) is 2.83. The molecule has 106 valence electrons. The van der Waals surface area contributed by atoms with Gasteiger partial charge in [0.15, 0.2) is 11.6 Å². The molecule has 6 nitrogen and oxygen atoms in total. The van der Waals surface area contributed by atoms with Crippen LogP contribution in [0.4, 0.5) is 14.6 Å². The fourth-order valence-electron chi connectivity index (χ4n) is 1.90. The minimum Gasteiger partial charge on any atom is -0.380 e. The summed E-state index contributed by atoms with van der Waals surface area (Å²) in [6.07, 6.45) is 0. The lowest BCUT2D eigenvalue weighted by molar-refractivity contribution is 0.434. The van der Waals surface area contributed by atoms with Crippen molar-refractivity contribution in [2.75, 3.05) is 5.73 Å². The van der Waals surface area contributed by atoms with Gasteiger partial charge in [0.05, 0.1) is 5.56 Å². The van der Waals surface area contributed by atoms with Gasteiger partial charge in [-0.05, 0) is 18.2 Å². The number of rotatable bonds is 2. The molecule has 8 heteroatoms. The largest absolute Gasteiger partial charge is 0.380 e. The number of nitrogens with two attached hydrogens (primary N) is 1. The first kappa shape index (κ1) is 13.0. The Balaban J connectivity index is 2.21. The van der Waals surface area contributed by atoms with Crippen molar-refractivity contribution < 1.29 is 13.3 Å². The first-order chi connectivity index (χ1) is 10.1. The van der Waals surface area contributed by atoms with Gasteiger partial charge in [-0.3, -0.25) is 4.79 Å². The summed E-state index contributed by atoms with van der Waals surface area (Å²) in [6, 6.07) is 5.65. The third-order valence-electron chi connectivity index (χ3n) is 2.83. The van der Waals surface area contributed by atoms with Crippen LogP contribution in [0.3, 0.4) is 0 Å². The van der Waals surface area contributed by atoms with Crippen molar-refractivity contribution >= 4 is 5.82 Å². The van der Waals surface area contributed by atoms with E-state index in [0.717, 1.165) is 12.1 Å². The summed E-state index contributed by atoms with van der Waals surface area (Å²) < 4.78 is 31.9. The van der Waals surface area contributed by atoms with Gasteiger partial charge in [0.1, 0.15) is 17.3 Å². The van der Waals surface area contributed by atoms with Gasteiger partial charge in [-0.2, -0.15) is 5.10 Å². The van der Waals surface area contributed by atoms with Crippen molar-refractivity contribution in [3.8, 4) is 22.6 Å². The molecular formula is C13H8F2N4O2. The first-order valence-electron chi connectivity index (χ1n) is 5.83. The maximum atomic E-state index is 13.9. The van der Waals surface area contributed by atoms with Crippen LogP contribution >= 0.6 is 0 Å². The number of nitrogen functional groups attached to an aromatic ring is 1. The number of hydrogen-bond donors (Lipinski definition) is 2. The van der Waals surface area contributed by atoms with Gasteiger partial charge in [-0.25, -0.2) is 13.9 Å². The van der Waals surface area contributed by atoms with E-state index < -0.39 is 17.2 Å². The number of hydrogen-bond acceptors (Lipinski definition) is 5. The van der Waals surface area contributed by atoms with Gasteiger partial charge >= 0.3 is 0 Å². The molecule has 0 aliphatic rings. The van der Waals surface area contributed by atoms with Crippen LogP contribution < -0.4 is 11.3 Å². The molecule has 0 unspecified atom stereocenters. The van der Waals surface area contributed by atoms with E-state index in [9.17, 15) is 13.6 Å². The molecule has 0 spiro atoms. The first-order valence-corrected chi connectivity index (χ1v) is 5.83. The van der Waals surface area contributed by atoms with Crippen molar-refractivity contribution in [3.05, 3.63) is 52.3 Å². The van der Waals surface area contributed by atoms with E-state index in [1.54, 1.807) is 0 Å². The molecule has 0 amide bonds. The molecule has 0 bridgehead atoms. The molecule has 0 radical (unpaired) electrons. The Morgan fingerprint density at radius 3 is 2.67 bits per heavy atom. The molecular weight excluding hydrogens is 282 g/mol. The number of nitrogens with one attached hydrogen (secondary N) is 1. The minimum atomic E-state index is -0.810. The van der Waals surface area contributed by atoms with Crippen LogP contribution in [0.2, 0.25) is 0 Å². The number of benzene rings is 1. The Bertz CT molecular complexity index is 852. The Hall–Kier alpha value is -3.03. The van der Waals surface area contributed by atoms with Crippen LogP contribution in [0.1, 0.15) is 0 Å². The van der Waals surface area contributed by atoms with Gasteiger partial charge in [0, 0.05) is 17.7 Å². The summed E-state index contributed by atoms with van der Waals surface area (Å²) in [4.78, 5) is 11.0. The molecule has 3 N–H and O–H groups in total. The standard InChI is InChI=1S/C13H8F2N4O2/c14-6-1-2-7(8(15)5-6)11-12(21-19-13(11)16)9-3-4-10(20)18-17-9/h1-5H,(H2,16,19)(H,18,20). The molecule has 0 saturated heterocycles. The highest BCUT2D eigenvalue weighted by atomic mass is 19.1. The van der Waals surface area contributed by atoms with E-state index in [1.165, 1.54) is 18.2 Å². The average Bonchev–Trinajstić information content (AvgIpc) is 2.82. The van der Waals surface area contributed by atoms with Crippen LogP contribution in [0.25, 0.3) is 22.6 Å². The van der Waals surface area contributed by atoms with E-state index in [-0.39, 0.29) is 28.4 Å². The fraction of sp³-hybridized carbons (Fsp3) is 0. The topological polar surface area (TPSA) is 97.8 Å². The maximum Gasteiger partial charge on any atom is 0.264 e. The molecule has 3 rings (SSSR count). The lowest BCUT2D eigenvalue weighted by Crippen LogP contribution is -2.05. The van der Waals surface area contributed by atoms with Gasteiger partial charge in [-0.15, -0.1) is 0 Å². The predicted molar refractivity (Wildman–Crippen MR) is 70.1 cm³/mol. The summed E-state index contributed by atoms with van der Waals surface area (Å²) >= 11 is 0. The number of H-pyrrole nitrogens is 1. The Morgan fingerprint density at radius 2 is 2.00 bits per heavy atom. The monoisotopic (exact) mass is 290 g/mol. The summed E-state index contributed by atoms with van der Waals surface area (Å²) in [7, 11) is 0. The molecule has 0 fully saturated rings. The fourth-order valence-corrected chi connectivity index (χ4v) is 1.90. The van der Waals surface area contributed by atoms with Crippen LogP contribution in [-0.4, -0.2) is 15.4 Å². The zero-order valence-corrected chi connectivity index (χ0v) is 10.4. The summed E-state index contributed by atoms with van der Waals surface area (Å²) in [5.41, 5.74) is 5.67. The molecule has 21 heavy (non-hydrogen) atoms. The van der Waals surface area contributed by atoms with Crippen molar-refractivity contribution in [2.45, 2.75) is 0 Å². The summed E-state index contributed by atoms with van der Waals surface area (Å²) in [5, 5.41) is 9.56. The number of nitrogens with zero attached hydrogens (tertiary/aromatic N) is 2. The Morgan fingerprint density at radius 1 is 1.19 bits per heavy atom. The van der Waals surface area contributed by atoms with Crippen molar-refractivity contribution in [1.29, 1.82) is 0 Å². The quantitative estimate of drug-likeness (QED) is 0.751. The van der Waals surface area contributed by atoms with E-state index in [2.05, 4.69) is 15.4 Å². The van der Waals surface area contributed by atoms with E-state index >= 15 is 0 Å². The molecule has 0 saturated carbocycles. The second-order valence-electron chi connectivity index (χ2n) is 4.20. The second-order valence-corrected chi connectivity index (χ2v) is 4.20. The van der Waals surface area contributed by atoms with Crippen molar-refractivity contribution in [1.82, 2.24) is 15.4 Å². The van der Waals surface area contributed by atoms with Crippen LogP contribution in [0.15, 0.2) is 39.6 Å². The third kappa shape index (κ3) is 2.27. The molecule has 0 atom stereocenters. The van der Waals surface area contributed by atoms with Gasteiger partial charge < -0.3 is 10.3 Å². The highest BCUT2D eigenvalue weighted by molar-refractivity contribution is 5.85. The maximum absolute atomic E-state index is 13.9. The molecule has 0 aliphatic carbocycles. The van der Waals surface area contributed by atoms with Gasteiger partial charge in [0.25, 0.3) is 5.56 Å². The van der Waals surface area contributed by atoms with Crippen LogP contribution in [0.5, 0.6) is 0 Å². The molecule has 1 aromatic carbocycles. The SMILES string of the molecule is Nc1noc(-c2ccc(=O)[nH]n2)c1-c1ccc(F)cc1F. The van der Waals surface area contributed by atoms with Gasteiger partial charge in [-0.1, -0.05) is 5.16 Å². The molecule has 3 aromatic rings. The molecule has 0 aliphatic heterocycles. The lowest BCUT2D eigenvalue weighted by Gasteiger charge is -2.03. The number of halogens is 2. The minimum absolute atomic E-state index is 0.0261. The predicted octanol–water partition coefficient (Wildman–Crippen LogP) is 1.95. The second kappa shape index (κ2) is 4.82. The van der Waals surface area contributed by atoms with Crippen molar-refractivity contribution in [2.24, 2.45) is 0 Å². The highest BCUT2D eigenvalue weighted by Crippen LogP contribution is 2.36. The molecule has 2 heterocycles. The highest BCUT2D eigenvalue weighted by Gasteiger charge is 2.21. The normalized spacial score (nSPS) is 10.8. The number of anilines is 1. The Labute approximate surface area is 116 Å². The van der Waals surface area contributed by atoms with Crippen LogP contribution in [0, 0.1) is 11.6 Å².